The zero-order valence-electron chi connectivity index (χ0n) is 11.7. The van der Waals surface area contributed by atoms with Gasteiger partial charge >= 0.3 is 0 Å². The molecule has 18 heavy (non-hydrogen) atoms. The first-order valence-corrected chi connectivity index (χ1v) is 8.27. The molecule has 104 valence electrons. The van der Waals surface area contributed by atoms with E-state index in [2.05, 4.69) is 6.92 Å². The normalized spacial score (nSPS) is 37.4. The van der Waals surface area contributed by atoms with Crippen molar-refractivity contribution in [3.8, 4) is 0 Å². The van der Waals surface area contributed by atoms with Gasteiger partial charge in [-0.15, -0.1) is 0 Å². The van der Waals surface area contributed by atoms with Gasteiger partial charge in [0.1, 0.15) is 0 Å². The Labute approximate surface area is 117 Å². The van der Waals surface area contributed by atoms with E-state index in [1.54, 1.807) is 0 Å². The van der Waals surface area contributed by atoms with Crippen LogP contribution in [-0.2, 0) is 4.79 Å². The van der Waals surface area contributed by atoms with Crippen LogP contribution >= 0.6 is 11.6 Å². The van der Waals surface area contributed by atoms with Gasteiger partial charge in [-0.25, -0.2) is 0 Å². The minimum atomic E-state index is -0.0971. The van der Waals surface area contributed by atoms with Gasteiger partial charge < -0.3 is 0 Å². The molecule has 2 aliphatic rings. The first kappa shape index (κ1) is 14.4. The minimum absolute atomic E-state index is 0.0971. The topological polar surface area (TPSA) is 17.1 Å². The summed E-state index contributed by atoms with van der Waals surface area (Å²) in [5, 5.41) is -0.0971. The maximum atomic E-state index is 11.2. The Kier molecular flexibility index (Phi) is 5.54. The Morgan fingerprint density at radius 1 is 0.944 bits per heavy atom. The molecule has 0 amide bonds. The van der Waals surface area contributed by atoms with Crippen molar-refractivity contribution in [3.63, 3.8) is 0 Å². The number of hydrogen-bond acceptors (Lipinski definition) is 1. The van der Waals surface area contributed by atoms with Gasteiger partial charge in [-0.3, -0.25) is 4.79 Å². The van der Waals surface area contributed by atoms with Crippen LogP contribution in [0.2, 0.25) is 0 Å². The molecule has 2 fully saturated rings. The third kappa shape index (κ3) is 3.73. The summed E-state index contributed by atoms with van der Waals surface area (Å²) in [6, 6.07) is 0. The van der Waals surface area contributed by atoms with E-state index in [1.807, 2.05) is 0 Å². The summed E-state index contributed by atoms with van der Waals surface area (Å²) >= 11 is 5.61. The standard InChI is InChI=1S/C16H27ClO/c1-2-3-12-4-6-13(7-5-12)14-8-10-15(11-9-14)16(17)18/h12-15H,2-11H2,1H3/t12-,13-,14?,15?. The molecular formula is C16H27ClO. The molecule has 1 nitrogen and oxygen atoms in total. The highest BCUT2D eigenvalue weighted by atomic mass is 35.5. The van der Waals surface area contributed by atoms with Crippen LogP contribution in [0.15, 0.2) is 0 Å². The zero-order valence-corrected chi connectivity index (χ0v) is 12.4. The van der Waals surface area contributed by atoms with Gasteiger partial charge in [0.2, 0.25) is 5.24 Å². The summed E-state index contributed by atoms with van der Waals surface area (Å²) in [4.78, 5) is 11.2. The van der Waals surface area contributed by atoms with E-state index in [-0.39, 0.29) is 11.2 Å². The molecule has 2 rings (SSSR count). The largest absolute Gasteiger partial charge is 0.281 e. The monoisotopic (exact) mass is 270 g/mol. The summed E-state index contributed by atoms with van der Waals surface area (Å²) in [5.74, 6) is 3.01. The van der Waals surface area contributed by atoms with Gasteiger partial charge in [-0.05, 0) is 67.9 Å². The fourth-order valence-corrected chi connectivity index (χ4v) is 4.39. The molecule has 0 heterocycles. The number of hydrogen-bond donors (Lipinski definition) is 0. The second-order valence-electron chi connectivity index (χ2n) is 6.49. The van der Waals surface area contributed by atoms with Crippen molar-refractivity contribution in [2.24, 2.45) is 23.7 Å². The molecule has 2 saturated carbocycles. The van der Waals surface area contributed by atoms with Crippen LogP contribution in [0.5, 0.6) is 0 Å². The smallest absolute Gasteiger partial charge is 0.224 e. The Morgan fingerprint density at radius 2 is 1.44 bits per heavy atom. The molecule has 0 spiro atoms. The predicted octanol–water partition coefficient (Wildman–Crippen LogP) is 5.16. The number of carbonyl (C=O) groups is 1. The predicted molar refractivity (Wildman–Crippen MR) is 76.7 cm³/mol. The van der Waals surface area contributed by atoms with E-state index in [4.69, 9.17) is 11.6 Å². The third-order valence-corrected chi connectivity index (χ3v) is 5.66. The molecular weight excluding hydrogens is 244 g/mol. The van der Waals surface area contributed by atoms with Crippen molar-refractivity contribution >= 4 is 16.8 Å². The highest BCUT2D eigenvalue weighted by Gasteiger charge is 2.32. The molecule has 0 unspecified atom stereocenters. The maximum Gasteiger partial charge on any atom is 0.224 e. The Bertz CT molecular complexity index is 260. The number of carbonyl (C=O) groups excluding carboxylic acids is 1. The highest BCUT2D eigenvalue weighted by Crippen LogP contribution is 2.42. The van der Waals surface area contributed by atoms with Gasteiger partial charge in [-0.2, -0.15) is 0 Å². The molecule has 0 aliphatic heterocycles. The summed E-state index contributed by atoms with van der Waals surface area (Å²) in [5.41, 5.74) is 0. The van der Waals surface area contributed by atoms with Crippen LogP contribution in [-0.4, -0.2) is 5.24 Å². The van der Waals surface area contributed by atoms with E-state index in [9.17, 15) is 4.79 Å². The molecule has 0 radical (unpaired) electrons. The number of rotatable bonds is 4. The number of halogens is 1. The average Bonchev–Trinajstić information content (AvgIpc) is 2.40. The second-order valence-corrected chi connectivity index (χ2v) is 6.86. The SMILES string of the molecule is CCC[C@H]1CC[C@H](C2CCC(C(=O)Cl)CC2)CC1. The first-order chi connectivity index (χ1) is 8.70. The molecule has 0 aromatic rings. The fourth-order valence-electron chi connectivity index (χ4n) is 4.17. The third-order valence-electron chi connectivity index (χ3n) is 5.35. The summed E-state index contributed by atoms with van der Waals surface area (Å²) < 4.78 is 0. The second kappa shape index (κ2) is 6.93. The molecule has 0 aromatic carbocycles. The summed E-state index contributed by atoms with van der Waals surface area (Å²) in [6.07, 6.45) is 13.1. The Morgan fingerprint density at radius 3 is 1.89 bits per heavy atom. The van der Waals surface area contributed by atoms with Crippen LogP contribution in [0.25, 0.3) is 0 Å². The Balaban J connectivity index is 1.73. The van der Waals surface area contributed by atoms with Crippen molar-refractivity contribution in [2.75, 3.05) is 0 Å². The quantitative estimate of drug-likeness (QED) is 0.645. The lowest BCUT2D eigenvalue weighted by atomic mass is 9.69. The lowest BCUT2D eigenvalue weighted by Crippen LogP contribution is -2.27. The highest BCUT2D eigenvalue weighted by molar-refractivity contribution is 6.63. The van der Waals surface area contributed by atoms with E-state index in [0.29, 0.717) is 0 Å². The van der Waals surface area contributed by atoms with E-state index in [1.165, 1.54) is 51.4 Å². The molecule has 2 aliphatic carbocycles. The van der Waals surface area contributed by atoms with Gasteiger partial charge in [0.15, 0.2) is 0 Å². The van der Waals surface area contributed by atoms with Crippen molar-refractivity contribution in [1.82, 2.24) is 0 Å². The van der Waals surface area contributed by atoms with E-state index < -0.39 is 0 Å². The van der Waals surface area contributed by atoms with Crippen LogP contribution < -0.4 is 0 Å². The van der Waals surface area contributed by atoms with Crippen molar-refractivity contribution in [3.05, 3.63) is 0 Å². The summed E-state index contributed by atoms with van der Waals surface area (Å²) in [7, 11) is 0. The molecule has 0 N–H and O–H groups in total. The van der Waals surface area contributed by atoms with Crippen LogP contribution in [0.1, 0.15) is 71.1 Å². The molecule has 0 atom stereocenters. The van der Waals surface area contributed by atoms with Crippen LogP contribution in [0.3, 0.4) is 0 Å². The fraction of sp³-hybridized carbons (Fsp3) is 0.938. The van der Waals surface area contributed by atoms with Gasteiger partial charge in [0.05, 0.1) is 0 Å². The molecule has 2 heteroatoms. The van der Waals surface area contributed by atoms with Crippen molar-refractivity contribution < 1.29 is 4.79 Å². The Hall–Kier alpha value is -0.0400. The van der Waals surface area contributed by atoms with Crippen LogP contribution in [0.4, 0.5) is 0 Å². The van der Waals surface area contributed by atoms with Gasteiger partial charge in [0, 0.05) is 5.92 Å². The maximum absolute atomic E-state index is 11.2. The van der Waals surface area contributed by atoms with Gasteiger partial charge in [0.25, 0.3) is 0 Å². The average molecular weight is 271 g/mol. The van der Waals surface area contributed by atoms with Crippen molar-refractivity contribution in [1.29, 1.82) is 0 Å². The molecule has 0 saturated heterocycles. The zero-order chi connectivity index (χ0) is 13.0. The molecule has 0 bridgehead atoms. The van der Waals surface area contributed by atoms with Crippen LogP contribution in [0, 0.1) is 23.7 Å². The lowest BCUT2D eigenvalue weighted by Gasteiger charge is -2.37. The van der Waals surface area contributed by atoms with E-state index >= 15 is 0 Å². The first-order valence-electron chi connectivity index (χ1n) is 7.90. The van der Waals surface area contributed by atoms with Crippen molar-refractivity contribution in [2.45, 2.75) is 71.1 Å². The minimum Gasteiger partial charge on any atom is -0.281 e. The molecule has 0 aromatic heterocycles. The van der Waals surface area contributed by atoms with E-state index in [0.717, 1.165) is 30.6 Å². The summed E-state index contributed by atoms with van der Waals surface area (Å²) in [6.45, 7) is 2.30. The lowest BCUT2D eigenvalue weighted by molar-refractivity contribution is -0.116. The van der Waals surface area contributed by atoms with Gasteiger partial charge in [-0.1, -0.05) is 32.6 Å².